The molecule has 152 valence electrons. The molecule has 4 rings (SSSR count). The Kier molecular flexibility index (Phi) is 5.15. The molecule has 1 saturated heterocycles. The number of aromatic nitrogens is 2. The van der Waals surface area contributed by atoms with Crippen molar-refractivity contribution in [2.24, 2.45) is 0 Å². The maximum absolute atomic E-state index is 12.9. The van der Waals surface area contributed by atoms with Gasteiger partial charge in [-0.1, -0.05) is 0 Å². The number of hydrogen-bond acceptors (Lipinski definition) is 6. The molecule has 0 spiro atoms. The lowest BCUT2D eigenvalue weighted by atomic mass is 10.1. The summed E-state index contributed by atoms with van der Waals surface area (Å²) in [5.74, 6) is 1.24. The summed E-state index contributed by atoms with van der Waals surface area (Å²) >= 11 is 0. The molecule has 7 heteroatoms. The van der Waals surface area contributed by atoms with Crippen LogP contribution in [0.25, 0.3) is 16.9 Å². The van der Waals surface area contributed by atoms with Gasteiger partial charge in [0, 0.05) is 43.0 Å². The highest BCUT2D eigenvalue weighted by Crippen LogP contribution is 2.31. The van der Waals surface area contributed by atoms with Crippen LogP contribution in [0.15, 0.2) is 47.4 Å². The SMILES string of the molecule is COc1ccc(-c2cc(=O)n3cc(N4C[C@@H](C)N[C@@H](C)C4)ccc3n2)cc1OC. The summed E-state index contributed by atoms with van der Waals surface area (Å²) in [6, 6.07) is 11.8. The molecule has 7 nitrogen and oxygen atoms in total. The lowest BCUT2D eigenvalue weighted by Crippen LogP contribution is -2.54. The fourth-order valence-electron chi connectivity index (χ4n) is 3.96. The van der Waals surface area contributed by atoms with E-state index in [1.807, 2.05) is 36.5 Å². The van der Waals surface area contributed by atoms with Crippen molar-refractivity contribution in [2.45, 2.75) is 25.9 Å². The molecular formula is C22H26N4O3. The van der Waals surface area contributed by atoms with Gasteiger partial charge in [0.2, 0.25) is 0 Å². The molecule has 3 aromatic rings. The predicted molar refractivity (Wildman–Crippen MR) is 114 cm³/mol. The van der Waals surface area contributed by atoms with Crippen LogP contribution in [0.2, 0.25) is 0 Å². The van der Waals surface area contributed by atoms with E-state index in [4.69, 9.17) is 9.47 Å². The van der Waals surface area contributed by atoms with Gasteiger partial charge in [0.15, 0.2) is 11.5 Å². The van der Waals surface area contributed by atoms with Gasteiger partial charge in [0.25, 0.3) is 5.56 Å². The Hall–Kier alpha value is -3.06. The third-order valence-electron chi connectivity index (χ3n) is 5.25. The Morgan fingerprint density at radius 2 is 1.72 bits per heavy atom. The van der Waals surface area contributed by atoms with Gasteiger partial charge in [0.05, 0.1) is 25.6 Å². The van der Waals surface area contributed by atoms with Crippen molar-refractivity contribution in [1.82, 2.24) is 14.7 Å². The van der Waals surface area contributed by atoms with Crippen LogP contribution in [-0.4, -0.2) is 48.8 Å². The number of pyridine rings is 1. The van der Waals surface area contributed by atoms with Crippen molar-refractivity contribution in [2.75, 3.05) is 32.2 Å². The first kappa shape index (κ1) is 19.3. The summed E-state index contributed by atoms with van der Waals surface area (Å²) in [6.45, 7) is 6.16. The van der Waals surface area contributed by atoms with Gasteiger partial charge in [-0.2, -0.15) is 0 Å². The number of methoxy groups -OCH3 is 2. The Balaban J connectivity index is 1.72. The summed E-state index contributed by atoms with van der Waals surface area (Å²) in [6.07, 6.45) is 1.88. The lowest BCUT2D eigenvalue weighted by molar-refractivity contribution is 0.355. The molecule has 1 aliphatic heterocycles. The summed E-state index contributed by atoms with van der Waals surface area (Å²) < 4.78 is 12.3. The molecule has 0 amide bonds. The molecule has 1 N–H and O–H groups in total. The number of benzene rings is 1. The van der Waals surface area contributed by atoms with Gasteiger partial charge in [0.1, 0.15) is 5.65 Å². The second kappa shape index (κ2) is 7.75. The van der Waals surface area contributed by atoms with E-state index in [0.717, 1.165) is 24.3 Å². The first-order chi connectivity index (χ1) is 14.0. The van der Waals surface area contributed by atoms with E-state index >= 15 is 0 Å². The molecule has 0 bridgehead atoms. The number of piperazine rings is 1. The molecule has 0 saturated carbocycles. The average molecular weight is 394 g/mol. The zero-order valence-electron chi connectivity index (χ0n) is 17.2. The average Bonchev–Trinajstić information content (AvgIpc) is 2.72. The van der Waals surface area contributed by atoms with Crippen molar-refractivity contribution in [3.8, 4) is 22.8 Å². The summed E-state index contributed by atoms with van der Waals surface area (Å²) in [7, 11) is 3.18. The monoisotopic (exact) mass is 394 g/mol. The van der Waals surface area contributed by atoms with Crippen molar-refractivity contribution in [3.63, 3.8) is 0 Å². The molecular weight excluding hydrogens is 368 g/mol. The molecule has 2 atom stereocenters. The minimum Gasteiger partial charge on any atom is -0.493 e. The topological polar surface area (TPSA) is 68.1 Å². The number of anilines is 1. The van der Waals surface area contributed by atoms with E-state index in [0.29, 0.717) is 34.9 Å². The van der Waals surface area contributed by atoms with Gasteiger partial charge in [-0.15, -0.1) is 0 Å². The zero-order chi connectivity index (χ0) is 20.5. The van der Waals surface area contributed by atoms with Crippen LogP contribution in [-0.2, 0) is 0 Å². The Labute approximate surface area is 169 Å². The highest BCUT2D eigenvalue weighted by Gasteiger charge is 2.21. The van der Waals surface area contributed by atoms with Crippen molar-refractivity contribution < 1.29 is 9.47 Å². The van der Waals surface area contributed by atoms with Gasteiger partial charge in [-0.3, -0.25) is 9.20 Å². The molecule has 0 unspecified atom stereocenters. The number of rotatable bonds is 4. The van der Waals surface area contributed by atoms with E-state index in [-0.39, 0.29) is 5.56 Å². The fourth-order valence-corrected chi connectivity index (χ4v) is 3.96. The number of nitrogens with zero attached hydrogens (tertiary/aromatic N) is 3. The first-order valence-corrected chi connectivity index (χ1v) is 9.75. The Morgan fingerprint density at radius 3 is 2.41 bits per heavy atom. The molecule has 1 aromatic carbocycles. The maximum atomic E-state index is 12.9. The van der Waals surface area contributed by atoms with E-state index in [9.17, 15) is 4.79 Å². The highest BCUT2D eigenvalue weighted by molar-refractivity contribution is 5.66. The van der Waals surface area contributed by atoms with Gasteiger partial charge in [-0.05, 0) is 44.2 Å². The van der Waals surface area contributed by atoms with Crippen molar-refractivity contribution >= 4 is 11.3 Å². The van der Waals surface area contributed by atoms with E-state index in [2.05, 4.69) is 29.0 Å². The van der Waals surface area contributed by atoms with Crippen LogP contribution in [0.5, 0.6) is 11.5 Å². The Bertz CT molecular complexity index is 1090. The first-order valence-electron chi connectivity index (χ1n) is 9.75. The largest absolute Gasteiger partial charge is 0.493 e. The van der Waals surface area contributed by atoms with Gasteiger partial charge in [-0.25, -0.2) is 4.98 Å². The number of nitrogens with one attached hydrogen (secondary N) is 1. The quantitative estimate of drug-likeness (QED) is 0.734. The smallest absolute Gasteiger partial charge is 0.258 e. The van der Waals surface area contributed by atoms with Crippen molar-refractivity contribution in [3.05, 3.63) is 52.9 Å². The van der Waals surface area contributed by atoms with E-state index < -0.39 is 0 Å². The molecule has 29 heavy (non-hydrogen) atoms. The molecule has 3 heterocycles. The standard InChI is InChI=1S/C22H26N4O3/c1-14-11-25(12-15(2)23-14)17-6-8-21-24-18(10-22(27)26(21)13-17)16-5-7-19(28-3)20(9-16)29-4/h5-10,13-15,23H,11-12H2,1-4H3/t14-,15+. The van der Waals surface area contributed by atoms with Crippen LogP contribution in [0.3, 0.4) is 0 Å². The third kappa shape index (κ3) is 3.78. The van der Waals surface area contributed by atoms with Gasteiger partial charge >= 0.3 is 0 Å². The van der Waals surface area contributed by atoms with Crippen LogP contribution in [0, 0.1) is 0 Å². The summed E-state index contributed by atoms with van der Waals surface area (Å²) in [5.41, 5.74) is 2.94. The fraction of sp³-hybridized carbons (Fsp3) is 0.364. The number of hydrogen-bond donors (Lipinski definition) is 1. The molecule has 1 aliphatic rings. The van der Waals surface area contributed by atoms with Crippen LogP contribution >= 0.6 is 0 Å². The van der Waals surface area contributed by atoms with Gasteiger partial charge < -0.3 is 19.7 Å². The molecule has 1 fully saturated rings. The van der Waals surface area contributed by atoms with Crippen LogP contribution in [0.4, 0.5) is 5.69 Å². The summed E-state index contributed by atoms with van der Waals surface area (Å²) in [5, 5.41) is 3.53. The molecule has 0 radical (unpaired) electrons. The van der Waals surface area contributed by atoms with E-state index in [1.54, 1.807) is 24.7 Å². The number of fused-ring (bicyclic) bond motifs is 1. The molecule has 2 aromatic heterocycles. The van der Waals surface area contributed by atoms with E-state index in [1.165, 1.54) is 0 Å². The maximum Gasteiger partial charge on any atom is 0.258 e. The number of ether oxygens (including phenoxy) is 2. The second-order valence-electron chi connectivity index (χ2n) is 7.54. The van der Waals surface area contributed by atoms with Crippen molar-refractivity contribution in [1.29, 1.82) is 0 Å². The minimum atomic E-state index is -0.113. The highest BCUT2D eigenvalue weighted by atomic mass is 16.5. The Morgan fingerprint density at radius 1 is 1.00 bits per heavy atom. The van der Waals surface area contributed by atoms with Crippen LogP contribution < -0.4 is 25.2 Å². The normalized spacial score (nSPS) is 19.4. The van der Waals surface area contributed by atoms with Crippen LogP contribution in [0.1, 0.15) is 13.8 Å². The lowest BCUT2D eigenvalue weighted by Gasteiger charge is -2.37. The second-order valence-corrected chi connectivity index (χ2v) is 7.54. The zero-order valence-corrected chi connectivity index (χ0v) is 17.2. The third-order valence-corrected chi connectivity index (χ3v) is 5.25. The predicted octanol–water partition coefficient (Wildman–Crippen LogP) is 2.57. The molecule has 0 aliphatic carbocycles. The minimum absolute atomic E-state index is 0.113. The summed E-state index contributed by atoms with van der Waals surface area (Å²) in [4.78, 5) is 19.8.